The van der Waals surface area contributed by atoms with Crippen LogP contribution in [-0.4, -0.2) is 11.4 Å². The predicted octanol–water partition coefficient (Wildman–Crippen LogP) is 1.21. The van der Waals surface area contributed by atoms with E-state index in [-0.39, 0.29) is 0 Å². The van der Waals surface area contributed by atoms with Crippen LogP contribution in [0.1, 0.15) is 0 Å². The van der Waals surface area contributed by atoms with Gasteiger partial charge < -0.3 is 9.82 Å². The standard InChI is InChI=1S/C9H8N2O2/c12-6-11-13-9-5-10-8-4-2-1-3-7(8)9/h1-6,10H,(H,11,12). The van der Waals surface area contributed by atoms with E-state index in [4.69, 9.17) is 4.84 Å². The Kier molecular flexibility index (Phi) is 1.88. The lowest BCUT2D eigenvalue weighted by molar-refractivity contribution is -0.115. The summed E-state index contributed by atoms with van der Waals surface area (Å²) in [5.41, 5.74) is 3.12. The number of rotatable bonds is 3. The van der Waals surface area contributed by atoms with Crippen molar-refractivity contribution in [1.29, 1.82) is 0 Å². The second kappa shape index (κ2) is 3.18. The predicted molar refractivity (Wildman–Crippen MR) is 48.1 cm³/mol. The first-order chi connectivity index (χ1) is 6.42. The molecule has 0 atom stereocenters. The molecule has 1 aromatic heterocycles. The monoisotopic (exact) mass is 176 g/mol. The van der Waals surface area contributed by atoms with Crippen LogP contribution in [0.4, 0.5) is 0 Å². The summed E-state index contributed by atoms with van der Waals surface area (Å²) in [5, 5.41) is 0.942. The molecule has 0 unspecified atom stereocenters. The van der Waals surface area contributed by atoms with Gasteiger partial charge in [-0.1, -0.05) is 12.1 Å². The van der Waals surface area contributed by atoms with Crippen LogP contribution in [-0.2, 0) is 4.79 Å². The van der Waals surface area contributed by atoms with Gasteiger partial charge in [0.25, 0.3) is 0 Å². The third kappa shape index (κ3) is 1.33. The second-order valence-electron chi connectivity index (χ2n) is 2.54. The zero-order valence-corrected chi connectivity index (χ0v) is 6.78. The SMILES string of the molecule is O=CNOc1c[nH]c2ccccc12. The Morgan fingerprint density at radius 2 is 2.23 bits per heavy atom. The van der Waals surface area contributed by atoms with Crippen molar-refractivity contribution in [2.24, 2.45) is 0 Å². The number of para-hydroxylation sites is 1. The molecular formula is C9H8N2O2. The lowest BCUT2D eigenvalue weighted by Crippen LogP contribution is -2.14. The fraction of sp³-hybridized carbons (Fsp3) is 0. The Bertz CT molecular complexity index is 422. The second-order valence-corrected chi connectivity index (χ2v) is 2.54. The number of hydroxylamine groups is 1. The minimum absolute atomic E-state index is 0.488. The molecule has 2 aromatic rings. The number of hydrogen-bond acceptors (Lipinski definition) is 2. The van der Waals surface area contributed by atoms with Gasteiger partial charge in [-0.05, 0) is 12.1 Å². The van der Waals surface area contributed by atoms with E-state index in [0.29, 0.717) is 12.2 Å². The van der Waals surface area contributed by atoms with Crippen LogP contribution >= 0.6 is 0 Å². The van der Waals surface area contributed by atoms with Crippen molar-refractivity contribution in [3.05, 3.63) is 30.5 Å². The molecule has 0 aliphatic heterocycles. The molecule has 4 nitrogen and oxygen atoms in total. The average Bonchev–Trinajstić information content (AvgIpc) is 2.58. The van der Waals surface area contributed by atoms with Gasteiger partial charge in [0, 0.05) is 17.1 Å². The molecule has 66 valence electrons. The molecule has 0 bridgehead atoms. The van der Waals surface area contributed by atoms with E-state index in [0.717, 1.165) is 10.9 Å². The lowest BCUT2D eigenvalue weighted by atomic mass is 10.2. The van der Waals surface area contributed by atoms with E-state index in [1.54, 1.807) is 6.20 Å². The number of H-pyrrole nitrogens is 1. The van der Waals surface area contributed by atoms with Crippen molar-refractivity contribution in [2.75, 3.05) is 0 Å². The summed E-state index contributed by atoms with van der Waals surface area (Å²) in [6.07, 6.45) is 2.18. The van der Waals surface area contributed by atoms with E-state index < -0.39 is 0 Å². The van der Waals surface area contributed by atoms with Gasteiger partial charge in [0.2, 0.25) is 6.41 Å². The van der Waals surface area contributed by atoms with Crippen molar-refractivity contribution in [1.82, 2.24) is 10.5 Å². The van der Waals surface area contributed by atoms with Crippen LogP contribution in [0, 0.1) is 0 Å². The maximum absolute atomic E-state index is 9.99. The van der Waals surface area contributed by atoms with E-state index in [1.165, 1.54) is 0 Å². The smallest absolute Gasteiger partial charge is 0.239 e. The molecule has 0 fully saturated rings. The summed E-state index contributed by atoms with van der Waals surface area (Å²) < 4.78 is 0. The first-order valence-electron chi connectivity index (χ1n) is 3.84. The minimum Gasteiger partial charge on any atom is -0.377 e. The summed E-state index contributed by atoms with van der Waals surface area (Å²) in [6, 6.07) is 7.68. The number of carbonyl (C=O) groups excluding carboxylic acids is 1. The van der Waals surface area contributed by atoms with Gasteiger partial charge in [0.1, 0.15) is 0 Å². The lowest BCUT2D eigenvalue weighted by Gasteiger charge is -1.98. The van der Waals surface area contributed by atoms with Gasteiger partial charge in [-0.15, -0.1) is 0 Å². The van der Waals surface area contributed by atoms with E-state index in [1.807, 2.05) is 24.3 Å². The molecule has 0 spiro atoms. The number of nitrogens with one attached hydrogen (secondary N) is 2. The maximum atomic E-state index is 9.99. The van der Waals surface area contributed by atoms with Crippen molar-refractivity contribution in [2.45, 2.75) is 0 Å². The molecule has 13 heavy (non-hydrogen) atoms. The van der Waals surface area contributed by atoms with Crippen molar-refractivity contribution < 1.29 is 9.63 Å². The van der Waals surface area contributed by atoms with Crippen LogP contribution in [0.3, 0.4) is 0 Å². The number of aromatic amines is 1. The van der Waals surface area contributed by atoms with E-state index in [2.05, 4.69) is 10.5 Å². The van der Waals surface area contributed by atoms with Crippen molar-refractivity contribution in [3.63, 3.8) is 0 Å². The molecule has 1 amide bonds. The third-order valence-electron chi connectivity index (χ3n) is 1.77. The fourth-order valence-electron chi connectivity index (χ4n) is 1.22. The molecule has 0 aliphatic carbocycles. The molecule has 0 saturated heterocycles. The Balaban J connectivity index is 2.40. The zero-order valence-electron chi connectivity index (χ0n) is 6.78. The number of amides is 1. The highest BCUT2D eigenvalue weighted by Crippen LogP contribution is 2.23. The molecule has 0 radical (unpaired) electrons. The topological polar surface area (TPSA) is 54.1 Å². The zero-order chi connectivity index (χ0) is 9.10. The van der Waals surface area contributed by atoms with Crippen LogP contribution in [0.15, 0.2) is 30.5 Å². The van der Waals surface area contributed by atoms with Crippen molar-refractivity contribution >= 4 is 17.3 Å². The minimum atomic E-state index is 0.488. The highest BCUT2D eigenvalue weighted by molar-refractivity contribution is 5.85. The maximum Gasteiger partial charge on any atom is 0.239 e. The Hall–Kier alpha value is -1.97. The molecule has 1 aromatic carbocycles. The Labute approximate surface area is 74.5 Å². The highest BCUT2D eigenvalue weighted by atomic mass is 16.7. The van der Waals surface area contributed by atoms with Gasteiger partial charge in [-0.2, -0.15) is 5.48 Å². The molecule has 4 heteroatoms. The number of carbonyl (C=O) groups is 1. The highest BCUT2D eigenvalue weighted by Gasteiger charge is 2.02. The first kappa shape index (κ1) is 7.67. The third-order valence-corrected chi connectivity index (χ3v) is 1.77. The molecular weight excluding hydrogens is 168 g/mol. The average molecular weight is 176 g/mol. The van der Waals surface area contributed by atoms with Gasteiger partial charge in [-0.25, -0.2) is 0 Å². The van der Waals surface area contributed by atoms with E-state index >= 15 is 0 Å². The quantitative estimate of drug-likeness (QED) is 0.545. The number of hydrogen-bond donors (Lipinski definition) is 2. The van der Waals surface area contributed by atoms with Crippen LogP contribution in [0.5, 0.6) is 5.75 Å². The molecule has 1 heterocycles. The first-order valence-corrected chi connectivity index (χ1v) is 3.84. The van der Waals surface area contributed by atoms with Crippen LogP contribution in [0.2, 0.25) is 0 Å². The van der Waals surface area contributed by atoms with Gasteiger partial charge in [-0.3, -0.25) is 4.79 Å². The summed E-state index contributed by atoms with van der Waals surface area (Å²) in [7, 11) is 0. The van der Waals surface area contributed by atoms with Crippen molar-refractivity contribution in [3.8, 4) is 5.75 Å². The number of aromatic nitrogens is 1. The molecule has 2 rings (SSSR count). The van der Waals surface area contributed by atoms with Crippen LogP contribution in [0.25, 0.3) is 10.9 Å². The fourth-order valence-corrected chi connectivity index (χ4v) is 1.22. The Morgan fingerprint density at radius 3 is 3.08 bits per heavy atom. The number of fused-ring (bicyclic) bond motifs is 1. The molecule has 2 N–H and O–H groups in total. The summed E-state index contributed by atoms with van der Waals surface area (Å²) >= 11 is 0. The number of benzene rings is 1. The van der Waals surface area contributed by atoms with Gasteiger partial charge in [0.05, 0.1) is 0 Å². The van der Waals surface area contributed by atoms with E-state index in [9.17, 15) is 4.79 Å². The van der Waals surface area contributed by atoms with Crippen LogP contribution < -0.4 is 10.3 Å². The normalized spacial score (nSPS) is 9.85. The largest absolute Gasteiger partial charge is 0.377 e. The summed E-state index contributed by atoms with van der Waals surface area (Å²) in [4.78, 5) is 18.0. The van der Waals surface area contributed by atoms with Gasteiger partial charge in [0.15, 0.2) is 5.75 Å². The van der Waals surface area contributed by atoms with Gasteiger partial charge >= 0.3 is 0 Å². The molecule has 0 aliphatic rings. The summed E-state index contributed by atoms with van der Waals surface area (Å²) in [5.74, 6) is 0.614. The summed E-state index contributed by atoms with van der Waals surface area (Å²) in [6.45, 7) is 0. The Morgan fingerprint density at radius 1 is 1.38 bits per heavy atom. The molecule has 0 saturated carbocycles.